The molecule has 0 saturated carbocycles. The Bertz CT molecular complexity index is 428. The quantitative estimate of drug-likeness (QED) is 0.875. The van der Waals surface area contributed by atoms with Crippen molar-refractivity contribution in [3.63, 3.8) is 0 Å². The van der Waals surface area contributed by atoms with E-state index in [-0.39, 0.29) is 17.9 Å². The van der Waals surface area contributed by atoms with Gasteiger partial charge in [0.15, 0.2) is 0 Å². The van der Waals surface area contributed by atoms with Crippen LogP contribution in [0.2, 0.25) is 0 Å². The number of hydrogen-bond donors (Lipinski definition) is 2. The first-order valence-corrected chi connectivity index (χ1v) is 6.86. The van der Waals surface area contributed by atoms with Crippen molar-refractivity contribution < 1.29 is 9.53 Å². The summed E-state index contributed by atoms with van der Waals surface area (Å²) in [5, 5.41) is 6.18. The van der Waals surface area contributed by atoms with Gasteiger partial charge in [-0.05, 0) is 44.5 Å². The van der Waals surface area contributed by atoms with Gasteiger partial charge < -0.3 is 15.4 Å². The Morgan fingerprint density at radius 3 is 3.00 bits per heavy atom. The van der Waals surface area contributed by atoms with Crippen molar-refractivity contribution >= 4 is 11.6 Å². The van der Waals surface area contributed by atoms with Crippen LogP contribution in [0.4, 0.5) is 5.69 Å². The molecule has 4 nitrogen and oxygen atoms in total. The Kier molecular flexibility index (Phi) is 4.93. The Labute approximate surface area is 114 Å². The minimum absolute atomic E-state index is 0.0147. The highest BCUT2D eigenvalue weighted by Gasteiger charge is 2.21. The molecule has 1 aliphatic rings. The summed E-state index contributed by atoms with van der Waals surface area (Å²) in [7, 11) is 1.93. The van der Waals surface area contributed by atoms with E-state index < -0.39 is 0 Å². The Balaban J connectivity index is 2.00. The van der Waals surface area contributed by atoms with Crippen molar-refractivity contribution in [3.8, 4) is 0 Å². The second kappa shape index (κ2) is 6.68. The minimum atomic E-state index is -0.0147. The number of nitrogens with one attached hydrogen (secondary N) is 2. The maximum Gasteiger partial charge on any atom is 0.229 e. The molecule has 1 saturated heterocycles. The summed E-state index contributed by atoms with van der Waals surface area (Å²) in [5.41, 5.74) is 2.02. The molecule has 2 unspecified atom stereocenters. The van der Waals surface area contributed by atoms with Gasteiger partial charge in [-0.3, -0.25) is 4.79 Å². The van der Waals surface area contributed by atoms with Crippen LogP contribution in [0.25, 0.3) is 0 Å². The van der Waals surface area contributed by atoms with Gasteiger partial charge in [-0.15, -0.1) is 0 Å². The van der Waals surface area contributed by atoms with Crippen LogP contribution in [0.1, 0.15) is 31.4 Å². The molecule has 2 rings (SSSR count). The van der Waals surface area contributed by atoms with Gasteiger partial charge in [-0.1, -0.05) is 12.1 Å². The van der Waals surface area contributed by atoms with Crippen molar-refractivity contribution in [2.24, 2.45) is 5.92 Å². The molecule has 1 heterocycles. The summed E-state index contributed by atoms with van der Waals surface area (Å²) in [6.07, 6.45) is 1.88. The zero-order valence-electron chi connectivity index (χ0n) is 11.6. The molecule has 19 heavy (non-hydrogen) atoms. The molecular weight excluding hydrogens is 240 g/mol. The van der Waals surface area contributed by atoms with E-state index in [1.807, 2.05) is 25.2 Å². The van der Waals surface area contributed by atoms with E-state index in [9.17, 15) is 4.79 Å². The first kappa shape index (κ1) is 14.0. The lowest BCUT2D eigenvalue weighted by Gasteiger charge is -2.21. The highest BCUT2D eigenvalue weighted by molar-refractivity contribution is 5.92. The van der Waals surface area contributed by atoms with Gasteiger partial charge in [0, 0.05) is 18.3 Å². The molecule has 1 aromatic carbocycles. The van der Waals surface area contributed by atoms with Crippen molar-refractivity contribution in [2.45, 2.75) is 25.8 Å². The molecule has 1 fully saturated rings. The number of amides is 1. The summed E-state index contributed by atoms with van der Waals surface area (Å²) < 4.78 is 5.35. The summed E-state index contributed by atoms with van der Waals surface area (Å²) in [4.78, 5) is 12.1. The normalized spacial score (nSPS) is 20.8. The van der Waals surface area contributed by atoms with Crippen molar-refractivity contribution in [2.75, 3.05) is 25.6 Å². The predicted octanol–water partition coefficient (Wildman–Crippen LogP) is 2.33. The third-order valence-electron chi connectivity index (χ3n) is 3.62. The lowest BCUT2D eigenvalue weighted by atomic mass is 10.0. The molecule has 0 radical (unpaired) electrons. The Morgan fingerprint density at radius 2 is 2.32 bits per heavy atom. The van der Waals surface area contributed by atoms with Crippen LogP contribution in [-0.4, -0.2) is 26.2 Å². The van der Waals surface area contributed by atoms with Crippen LogP contribution in [0.5, 0.6) is 0 Å². The van der Waals surface area contributed by atoms with Crippen LogP contribution in [-0.2, 0) is 9.53 Å². The lowest BCUT2D eigenvalue weighted by molar-refractivity contribution is -0.123. The number of hydrogen-bond acceptors (Lipinski definition) is 3. The lowest BCUT2D eigenvalue weighted by Crippen LogP contribution is -2.30. The van der Waals surface area contributed by atoms with Crippen molar-refractivity contribution in [1.82, 2.24) is 5.32 Å². The SMILES string of the molecule is CNC(C)c1cccc(NC(=O)C2CCCOC2)c1. The third-order valence-corrected chi connectivity index (χ3v) is 3.62. The maximum atomic E-state index is 12.1. The monoisotopic (exact) mass is 262 g/mol. The third kappa shape index (κ3) is 3.78. The number of ether oxygens (including phenoxy) is 1. The molecule has 2 atom stereocenters. The van der Waals surface area contributed by atoms with Gasteiger partial charge in [-0.25, -0.2) is 0 Å². The molecule has 0 aromatic heterocycles. The van der Waals surface area contributed by atoms with Gasteiger partial charge in [0.25, 0.3) is 0 Å². The molecule has 0 bridgehead atoms. The molecular formula is C15H22N2O2. The van der Waals surface area contributed by atoms with Crippen LogP contribution < -0.4 is 10.6 Å². The minimum Gasteiger partial charge on any atom is -0.381 e. The van der Waals surface area contributed by atoms with Gasteiger partial charge >= 0.3 is 0 Å². The molecule has 1 amide bonds. The van der Waals surface area contributed by atoms with Crippen LogP contribution in [0.3, 0.4) is 0 Å². The summed E-state index contributed by atoms with van der Waals surface area (Å²) in [6, 6.07) is 8.24. The fourth-order valence-electron chi connectivity index (χ4n) is 2.24. The average molecular weight is 262 g/mol. The molecule has 104 valence electrons. The van der Waals surface area contributed by atoms with Gasteiger partial charge in [0.05, 0.1) is 12.5 Å². The van der Waals surface area contributed by atoms with E-state index in [1.54, 1.807) is 0 Å². The topological polar surface area (TPSA) is 50.4 Å². The van der Waals surface area contributed by atoms with Crippen LogP contribution >= 0.6 is 0 Å². The zero-order valence-corrected chi connectivity index (χ0v) is 11.6. The average Bonchev–Trinajstić information content (AvgIpc) is 2.47. The first-order valence-electron chi connectivity index (χ1n) is 6.86. The predicted molar refractivity (Wildman–Crippen MR) is 76.1 cm³/mol. The van der Waals surface area contributed by atoms with E-state index in [0.717, 1.165) is 25.1 Å². The van der Waals surface area contributed by atoms with Crippen LogP contribution in [0.15, 0.2) is 24.3 Å². The summed E-state index contributed by atoms with van der Waals surface area (Å²) >= 11 is 0. The molecule has 4 heteroatoms. The highest BCUT2D eigenvalue weighted by atomic mass is 16.5. The summed E-state index contributed by atoms with van der Waals surface area (Å²) in [5.74, 6) is 0.0492. The molecule has 0 spiro atoms. The number of anilines is 1. The van der Waals surface area contributed by atoms with Crippen LogP contribution in [0, 0.1) is 5.92 Å². The number of carbonyl (C=O) groups is 1. The van der Waals surface area contributed by atoms with E-state index >= 15 is 0 Å². The van der Waals surface area contributed by atoms with Gasteiger partial charge in [0.2, 0.25) is 5.91 Å². The first-order chi connectivity index (χ1) is 9.20. The molecule has 1 aliphatic heterocycles. The second-order valence-electron chi connectivity index (χ2n) is 5.04. The number of rotatable bonds is 4. The van der Waals surface area contributed by atoms with Gasteiger partial charge in [-0.2, -0.15) is 0 Å². The Morgan fingerprint density at radius 1 is 1.47 bits per heavy atom. The summed E-state index contributed by atoms with van der Waals surface area (Å²) in [6.45, 7) is 3.41. The highest BCUT2D eigenvalue weighted by Crippen LogP contribution is 2.19. The van der Waals surface area contributed by atoms with E-state index in [1.165, 1.54) is 5.56 Å². The smallest absolute Gasteiger partial charge is 0.229 e. The van der Waals surface area contributed by atoms with E-state index in [4.69, 9.17) is 4.74 Å². The van der Waals surface area contributed by atoms with E-state index in [0.29, 0.717) is 6.61 Å². The van der Waals surface area contributed by atoms with Gasteiger partial charge in [0.1, 0.15) is 0 Å². The second-order valence-corrected chi connectivity index (χ2v) is 5.04. The maximum absolute atomic E-state index is 12.1. The number of benzene rings is 1. The van der Waals surface area contributed by atoms with Crippen molar-refractivity contribution in [3.05, 3.63) is 29.8 Å². The largest absolute Gasteiger partial charge is 0.381 e. The Hall–Kier alpha value is -1.39. The molecule has 0 aliphatic carbocycles. The standard InChI is InChI=1S/C15H22N2O2/c1-11(16-2)12-5-3-7-14(9-12)17-15(18)13-6-4-8-19-10-13/h3,5,7,9,11,13,16H,4,6,8,10H2,1-2H3,(H,17,18). The van der Waals surface area contributed by atoms with Crippen molar-refractivity contribution in [1.29, 1.82) is 0 Å². The fourth-order valence-corrected chi connectivity index (χ4v) is 2.24. The molecule has 2 N–H and O–H groups in total. The number of carbonyl (C=O) groups excluding carboxylic acids is 1. The molecule has 1 aromatic rings. The zero-order chi connectivity index (χ0) is 13.7. The van der Waals surface area contributed by atoms with E-state index in [2.05, 4.69) is 23.6 Å². The fraction of sp³-hybridized carbons (Fsp3) is 0.533.